The van der Waals surface area contributed by atoms with Crippen LogP contribution in [0.5, 0.6) is 5.75 Å². The topological polar surface area (TPSA) is 45.0 Å². The molecule has 3 nitrogen and oxygen atoms in total. The van der Waals surface area contributed by atoms with Crippen molar-refractivity contribution in [1.82, 2.24) is 5.32 Å². The predicted octanol–water partition coefficient (Wildman–Crippen LogP) is 3.30. The molecule has 1 fully saturated rings. The van der Waals surface area contributed by atoms with E-state index in [4.69, 9.17) is 4.74 Å². The second kappa shape index (κ2) is 4.79. The SMILES string of the molecule is COc1cccc(C[C@]2(C)C[C@@]2(C#N)NC(C)(C)C)c1. The fourth-order valence-electron chi connectivity index (χ4n) is 3.03. The van der Waals surface area contributed by atoms with E-state index >= 15 is 0 Å². The number of benzene rings is 1. The fourth-order valence-corrected chi connectivity index (χ4v) is 3.03. The monoisotopic (exact) mass is 272 g/mol. The number of ether oxygens (including phenoxy) is 1. The summed E-state index contributed by atoms with van der Waals surface area (Å²) in [5.74, 6) is 0.873. The maximum Gasteiger partial charge on any atom is 0.119 e. The van der Waals surface area contributed by atoms with Gasteiger partial charge in [0.15, 0.2) is 0 Å². The quantitative estimate of drug-likeness (QED) is 0.914. The molecule has 1 aromatic rings. The molecule has 2 rings (SSSR count). The van der Waals surface area contributed by atoms with Crippen LogP contribution in [0.25, 0.3) is 0 Å². The summed E-state index contributed by atoms with van der Waals surface area (Å²) in [7, 11) is 1.68. The molecule has 3 heteroatoms. The van der Waals surface area contributed by atoms with E-state index in [1.54, 1.807) is 7.11 Å². The summed E-state index contributed by atoms with van der Waals surface area (Å²) < 4.78 is 5.27. The standard InChI is InChI=1S/C17H24N2O/c1-15(2,3)19-17(12-18)11-16(17,4)10-13-7-6-8-14(9-13)20-5/h6-9,19H,10-11H2,1-5H3/t16-,17+/m1/s1. The second-order valence-electron chi connectivity index (χ2n) is 7.16. The molecule has 108 valence electrons. The molecule has 0 unspecified atom stereocenters. The molecular formula is C17H24N2O. The molecule has 2 atom stereocenters. The Morgan fingerprint density at radius 3 is 2.65 bits per heavy atom. The Bertz CT molecular complexity index is 541. The van der Waals surface area contributed by atoms with Gasteiger partial charge in [-0.3, -0.25) is 5.32 Å². The van der Waals surface area contributed by atoms with Gasteiger partial charge in [-0.2, -0.15) is 5.26 Å². The molecule has 0 amide bonds. The van der Waals surface area contributed by atoms with E-state index < -0.39 is 5.54 Å². The smallest absolute Gasteiger partial charge is 0.119 e. The van der Waals surface area contributed by atoms with E-state index in [-0.39, 0.29) is 11.0 Å². The number of nitrogens with one attached hydrogen (secondary N) is 1. The van der Waals surface area contributed by atoms with Crippen molar-refractivity contribution >= 4 is 0 Å². The van der Waals surface area contributed by atoms with Crippen molar-refractivity contribution in [1.29, 1.82) is 5.26 Å². The lowest BCUT2D eigenvalue weighted by atomic mass is 9.92. The molecule has 0 saturated heterocycles. The lowest BCUT2D eigenvalue weighted by Crippen LogP contribution is -2.47. The first-order valence-electron chi connectivity index (χ1n) is 7.07. The molecule has 20 heavy (non-hydrogen) atoms. The van der Waals surface area contributed by atoms with E-state index in [0.717, 1.165) is 18.6 Å². The van der Waals surface area contributed by atoms with Gasteiger partial charge in [-0.15, -0.1) is 0 Å². The van der Waals surface area contributed by atoms with Crippen LogP contribution in [-0.2, 0) is 6.42 Å². The molecule has 1 aliphatic rings. The van der Waals surface area contributed by atoms with Crippen molar-refractivity contribution in [3.63, 3.8) is 0 Å². The minimum absolute atomic E-state index is 0.0125. The van der Waals surface area contributed by atoms with Gasteiger partial charge in [0.2, 0.25) is 0 Å². The van der Waals surface area contributed by atoms with Crippen molar-refractivity contribution in [3.05, 3.63) is 29.8 Å². The molecule has 0 aliphatic heterocycles. The molecule has 0 spiro atoms. The van der Waals surface area contributed by atoms with Crippen molar-refractivity contribution in [2.75, 3.05) is 7.11 Å². The molecule has 0 heterocycles. The molecule has 0 radical (unpaired) electrons. The van der Waals surface area contributed by atoms with Crippen LogP contribution in [0.15, 0.2) is 24.3 Å². The van der Waals surface area contributed by atoms with Crippen molar-refractivity contribution < 1.29 is 4.74 Å². The Balaban J connectivity index is 2.16. The lowest BCUT2D eigenvalue weighted by molar-refractivity contribution is 0.333. The zero-order valence-electron chi connectivity index (χ0n) is 13.1. The minimum Gasteiger partial charge on any atom is -0.497 e. The van der Waals surface area contributed by atoms with Crippen molar-refractivity contribution in [2.45, 2.75) is 51.6 Å². The number of hydrogen-bond acceptors (Lipinski definition) is 3. The van der Waals surface area contributed by atoms with E-state index in [2.05, 4.69) is 51.2 Å². The van der Waals surface area contributed by atoms with Crippen LogP contribution >= 0.6 is 0 Å². The van der Waals surface area contributed by atoms with Gasteiger partial charge in [0, 0.05) is 11.0 Å². The highest BCUT2D eigenvalue weighted by atomic mass is 16.5. The van der Waals surface area contributed by atoms with Crippen molar-refractivity contribution in [2.24, 2.45) is 5.41 Å². The third kappa shape index (κ3) is 2.81. The van der Waals surface area contributed by atoms with Gasteiger partial charge < -0.3 is 4.74 Å². The minimum atomic E-state index is -0.408. The van der Waals surface area contributed by atoms with Crippen LogP contribution < -0.4 is 10.1 Å². The Morgan fingerprint density at radius 2 is 2.10 bits per heavy atom. The van der Waals surface area contributed by atoms with Gasteiger partial charge in [-0.25, -0.2) is 0 Å². The largest absolute Gasteiger partial charge is 0.497 e. The number of methoxy groups -OCH3 is 1. The summed E-state index contributed by atoms with van der Waals surface area (Å²) in [4.78, 5) is 0. The van der Waals surface area contributed by atoms with Gasteiger partial charge in [0.25, 0.3) is 0 Å². The predicted molar refractivity (Wildman–Crippen MR) is 80.7 cm³/mol. The first-order chi connectivity index (χ1) is 9.24. The van der Waals surface area contributed by atoms with Gasteiger partial charge in [0.1, 0.15) is 11.3 Å². The van der Waals surface area contributed by atoms with Crippen LogP contribution in [0.1, 0.15) is 39.7 Å². The number of nitriles is 1. The van der Waals surface area contributed by atoms with E-state index in [0.29, 0.717) is 0 Å². The molecule has 1 aromatic carbocycles. The van der Waals surface area contributed by atoms with Gasteiger partial charge in [-0.1, -0.05) is 19.1 Å². The molecule has 0 aromatic heterocycles. The Morgan fingerprint density at radius 1 is 1.40 bits per heavy atom. The summed E-state index contributed by atoms with van der Waals surface area (Å²) in [5, 5.41) is 13.1. The maximum absolute atomic E-state index is 9.60. The lowest BCUT2D eigenvalue weighted by Gasteiger charge is -2.28. The summed E-state index contributed by atoms with van der Waals surface area (Å²) in [6.45, 7) is 8.51. The third-order valence-electron chi connectivity index (χ3n) is 4.07. The van der Waals surface area contributed by atoms with Gasteiger partial charge >= 0.3 is 0 Å². The summed E-state index contributed by atoms with van der Waals surface area (Å²) in [6, 6.07) is 10.6. The van der Waals surface area contributed by atoms with Crippen molar-refractivity contribution in [3.8, 4) is 11.8 Å². The normalized spacial score (nSPS) is 28.8. The number of hydrogen-bond donors (Lipinski definition) is 1. The van der Waals surface area contributed by atoms with Crippen LogP contribution in [0, 0.1) is 16.7 Å². The molecule has 1 N–H and O–H groups in total. The average Bonchev–Trinajstić information content (AvgIpc) is 2.91. The van der Waals surface area contributed by atoms with Crippen LogP contribution in [0.3, 0.4) is 0 Å². The Hall–Kier alpha value is -1.53. The highest BCUT2D eigenvalue weighted by molar-refractivity contribution is 5.37. The molecular weight excluding hydrogens is 248 g/mol. The van der Waals surface area contributed by atoms with Gasteiger partial charge in [0.05, 0.1) is 13.2 Å². The first kappa shape index (κ1) is 14.9. The fraction of sp³-hybridized carbons (Fsp3) is 0.588. The average molecular weight is 272 g/mol. The van der Waals surface area contributed by atoms with Crippen LogP contribution in [0.4, 0.5) is 0 Å². The second-order valence-corrected chi connectivity index (χ2v) is 7.16. The Kier molecular flexibility index (Phi) is 3.56. The first-order valence-corrected chi connectivity index (χ1v) is 7.07. The summed E-state index contributed by atoms with van der Waals surface area (Å²) in [5.41, 5.74) is 0.747. The highest BCUT2D eigenvalue weighted by Gasteiger charge is 2.65. The number of nitrogens with zero attached hydrogens (tertiary/aromatic N) is 1. The van der Waals surface area contributed by atoms with E-state index in [1.807, 2.05) is 12.1 Å². The van der Waals surface area contributed by atoms with E-state index in [1.165, 1.54) is 5.56 Å². The van der Waals surface area contributed by atoms with Crippen LogP contribution in [-0.4, -0.2) is 18.2 Å². The molecule has 0 bridgehead atoms. The summed E-state index contributed by atoms with van der Waals surface area (Å²) in [6.07, 6.45) is 1.78. The number of rotatable bonds is 4. The summed E-state index contributed by atoms with van der Waals surface area (Å²) >= 11 is 0. The zero-order chi connectivity index (χ0) is 15.0. The highest BCUT2D eigenvalue weighted by Crippen LogP contribution is 2.58. The van der Waals surface area contributed by atoms with Crippen LogP contribution in [0.2, 0.25) is 0 Å². The van der Waals surface area contributed by atoms with Gasteiger partial charge in [-0.05, 0) is 51.3 Å². The molecule has 1 saturated carbocycles. The zero-order valence-corrected chi connectivity index (χ0v) is 13.1. The molecule has 1 aliphatic carbocycles. The third-order valence-corrected chi connectivity index (χ3v) is 4.07. The Labute approximate surface area is 121 Å². The van der Waals surface area contributed by atoms with E-state index in [9.17, 15) is 5.26 Å². The maximum atomic E-state index is 9.60.